The van der Waals surface area contributed by atoms with Gasteiger partial charge in [-0.05, 0) is 42.7 Å². The first-order valence-electron chi connectivity index (χ1n) is 9.87. The van der Waals surface area contributed by atoms with Crippen molar-refractivity contribution >= 4 is 29.1 Å². The minimum Gasteiger partial charge on any atom is -0.324 e. The molecule has 4 rings (SSSR count). The van der Waals surface area contributed by atoms with Gasteiger partial charge in [-0.15, -0.1) is 0 Å². The molecule has 3 amide bonds. The molecule has 1 fully saturated rings. The van der Waals surface area contributed by atoms with Crippen LogP contribution in [0, 0.1) is 6.92 Å². The molecule has 1 N–H and O–H groups in total. The van der Waals surface area contributed by atoms with Crippen LogP contribution in [0.2, 0.25) is 0 Å². The zero-order chi connectivity index (χ0) is 21.4. The molecule has 2 aromatic carbocycles. The normalized spacial score (nSPS) is 20.3. The number of imide groups is 1. The smallest absolute Gasteiger partial charge is 0.263 e. The predicted molar refractivity (Wildman–Crippen MR) is 112 cm³/mol. The quantitative estimate of drug-likeness (QED) is 0.774. The average Bonchev–Trinajstić information content (AvgIpc) is 3.23. The molecule has 30 heavy (non-hydrogen) atoms. The molecule has 2 heterocycles. The largest absolute Gasteiger partial charge is 0.324 e. The first-order chi connectivity index (χ1) is 14.3. The van der Waals surface area contributed by atoms with Crippen molar-refractivity contribution in [2.24, 2.45) is 10.3 Å². The van der Waals surface area contributed by atoms with Crippen LogP contribution in [0.3, 0.4) is 0 Å². The monoisotopic (exact) mass is 405 g/mol. The van der Waals surface area contributed by atoms with E-state index in [1.165, 1.54) is 10.6 Å². The number of carbonyl (C=O) groups excluding carboxylic acids is 3. The van der Waals surface area contributed by atoms with Crippen molar-refractivity contribution in [3.63, 3.8) is 0 Å². The molecule has 2 aliphatic rings. The second-order valence-corrected chi connectivity index (χ2v) is 7.86. The van der Waals surface area contributed by atoms with E-state index in [1.54, 1.807) is 12.1 Å². The molecule has 154 valence electrons. The number of nitrogens with zero attached hydrogens (tertiary/aromatic N) is 4. The van der Waals surface area contributed by atoms with Gasteiger partial charge in [0.05, 0.1) is 5.69 Å². The van der Waals surface area contributed by atoms with Crippen LogP contribution in [-0.4, -0.2) is 41.4 Å². The molecule has 0 bridgehead atoms. The number of amides is 3. The lowest BCUT2D eigenvalue weighted by atomic mass is 10.0. The van der Waals surface area contributed by atoms with E-state index in [2.05, 4.69) is 29.5 Å². The molecule has 0 aliphatic carbocycles. The van der Waals surface area contributed by atoms with Gasteiger partial charge in [-0.1, -0.05) is 48.9 Å². The van der Waals surface area contributed by atoms with Crippen molar-refractivity contribution in [2.45, 2.75) is 38.8 Å². The predicted octanol–water partition coefficient (Wildman–Crippen LogP) is 3.05. The van der Waals surface area contributed by atoms with Crippen LogP contribution >= 0.6 is 0 Å². The number of carbonyl (C=O) groups is 3. The van der Waals surface area contributed by atoms with Crippen LogP contribution in [0.25, 0.3) is 0 Å². The molecule has 8 nitrogen and oxygen atoms in total. The highest BCUT2D eigenvalue weighted by molar-refractivity contribution is 6.25. The summed E-state index contributed by atoms with van der Waals surface area (Å²) in [5, 5.41) is 12.0. The van der Waals surface area contributed by atoms with Crippen LogP contribution in [-0.2, 0) is 14.4 Å². The molecular weight excluding hydrogens is 382 g/mol. The highest BCUT2D eigenvalue weighted by atomic mass is 16.2. The van der Waals surface area contributed by atoms with E-state index >= 15 is 0 Å². The second-order valence-electron chi connectivity index (χ2n) is 7.86. The van der Waals surface area contributed by atoms with Gasteiger partial charge in [-0.3, -0.25) is 19.4 Å². The Morgan fingerprint density at radius 1 is 1.03 bits per heavy atom. The van der Waals surface area contributed by atoms with E-state index in [0.717, 1.165) is 10.5 Å². The lowest BCUT2D eigenvalue weighted by Crippen LogP contribution is -2.43. The van der Waals surface area contributed by atoms with Gasteiger partial charge in [-0.2, -0.15) is 5.11 Å². The zero-order valence-corrected chi connectivity index (χ0v) is 17.1. The minimum atomic E-state index is -0.920. The Kier molecular flexibility index (Phi) is 5.07. The van der Waals surface area contributed by atoms with Crippen molar-refractivity contribution in [2.75, 3.05) is 16.8 Å². The molecule has 1 saturated heterocycles. The van der Waals surface area contributed by atoms with Crippen LogP contribution in [0.5, 0.6) is 0 Å². The average molecular weight is 405 g/mol. The summed E-state index contributed by atoms with van der Waals surface area (Å²) in [6, 6.07) is 12.9. The fraction of sp³-hybridized carbons (Fsp3) is 0.318. The van der Waals surface area contributed by atoms with Gasteiger partial charge in [0.25, 0.3) is 11.8 Å². The minimum absolute atomic E-state index is 0.169. The van der Waals surface area contributed by atoms with Crippen molar-refractivity contribution in [1.29, 1.82) is 0 Å². The molecule has 2 atom stereocenters. The number of hydrogen-bond acceptors (Lipinski definition) is 6. The van der Waals surface area contributed by atoms with Gasteiger partial charge in [0.1, 0.15) is 6.54 Å². The lowest BCUT2D eigenvalue weighted by Gasteiger charge is -2.20. The van der Waals surface area contributed by atoms with Crippen molar-refractivity contribution in [1.82, 2.24) is 5.01 Å². The zero-order valence-electron chi connectivity index (χ0n) is 17.1. The summed E-state index contributed by atoms with van der Waals surface area (Å²) in [5.41, 5.74) is 3.36. The standard InChI is InChI=1S/C22H23N5O3/c1-13(2)15-6-8-16(9-7-15)23-18(28)12-26-20-19(24-25-26)21(29)27(22(20)30)17-10-4-14(3)5-11-17/h4-11,13,19-20H,12H2,1-3H3,(H,23,28)/t19-,20-/m0/s1. The summed E-state index contributed by atoms with van der Waals surface area (Å²) in [6.45, 7) is 5.96. The maximum absolute atomic E-state index is 12.9. The van der Waals surface area contributed by atoms with E-state index in [-0.39, 0.29) is 12.5 Å². The Hall–Kier alpha value is -3.55. The van der Waals surface area contributed by atoms with Gasteiger partial charge in [-0.25, -0.2) is 4.90 Å². The van der Waals surface area contributed by atoms with Crippen LogP contribution in [0.1, 0.15) is 30.9 Å². The summed E-state index contributed by atoms with van der Waals surface area (Å²) in [7, 11) is 0. The first-order valence-corrected chi connectivity index (χ1v) is 9.87. The maximum atomic E-state index is 12.9. The lowest BCUT2D eigenvalue weighted by molar-refractivity contribution is -0.123. The Balaban J connectivity index is 1.44. The molecule has 2 aromatic rings. The highest BCUT2D eigenvalue weighted by Crippen LogP contribution is 2.31. The van der Waals surface area contributed by atoms with Crippen molar-refractivity contribution < 1.29 is 14.4 Å². The van der Waals surface area contributed by atoms with Crippen LogP contribution < -0.4 is 10.2 Å². The SMILES string of the molecule is Cc1ccc(N2C(=O)[C@H]3N=NN(CC(=O)Nc4ccc(C(C)C)cc4)[C@@H]3C2=O)cc1. The Morgan fingerprint density at radius 3 is 2.33 bits per heavy atom. The van der Waals surface area contributed by atoms with Gasteiger partial charge in [0.15, 0.2) is 12.1 Å². The van der Waals surface area contributed by atoms with Crippen molar-refractivity contribution in [3.8, 4) is 0 Å². The Morgan fingerprint density at radius 2 is 1.70 bits per heavy atom. The number of fused-ring (bicyclic) bond motifs is 1. The van der Waals surface area contributed by atoms with Gasteiger partial charge in [0.2, 0.25) is 5.91 Å². The third kappa shape index (κ3) is 3.56. The van der Waals surface area contributed by atoms with Gasteiger partial charge in [0, 0.05) is 5.69 Å². The van der Waals surface area contributed by atoms with Gasteiger partial charge < -0.3 is 5.32 Å². The van der Waals surface area contributed by atoms with E-state index < -0.39 is 23.9 Å². The Labute approximate surface area is 174 Å². The number of anilines is 2. The summed E-state index contributed by atoms with van der Waals surface area (Å²) in [5.74, 6) is -0.780. The number of benzene rings is 2. The molecular formula is C22H23N5O3. The molecule has 0 unspecified atom stereocenters. The molecule has 8 heteroatoms. The fourth-order valence-electron chi connectivity index (χ4n) is 3.60. The Bertz CT molecular complexity index is 1010. The number of hydrogen-bond donors (Lipinski definition) is 1. The highest BCUT2D eigenvalue weighted by Gasteiger charge is 2.55. The topological polar surface area (TPSA) is 94.4 Å². The first kappa shape index (κ1) is 19.8. The molecule has 2 aliphatic heterocycles. The number of nitrogens with one attached hydrogen (secondary N) is 1. The molecule has 0 radical (unpaired) electrons. The summed E-state index contributed by atoms with van der Waals surface area (Å²) < 4.78 is 0. The fourth-order valence-corrected chi connectivity index (χ4v) is 3.60. The molecule has 0 spiro atoms. The molecule has 0 aromatic heterocycles. The summed E-state index contributed by atoms with van der Waals surface area (Å²) in [4.78, 5) is 39.3. The van der Waals surface area contributed by atoms with Crippen LogP contribution in [0.15, 0.2) is 58.9 Å². The summed E-state index contributed by atoms with van der Waals surface area (Å²) in [6.07, 6.45) is 0. The van der Waals surface area contributed by atoms with Crippen molar-refractivity contribution in [3.05, 3.63) is 59.7 Å². The number of aryl methyl sites for hydroxylation is 1. The second kappa shape index (κ2) is 7.70. The third-order valence-electron chi connectivity index (χ3n) is 5.32. The summed E-state index contributed by atoms with van der Waals surface area (Å²) >= 11 is 0. The van der Waals surface area contributed by atoms with E-state index in [1.807, 2.05) is 43.3 Å². The van der Waals surface area contributed by atoms with Gasteiger partial charge >= 0.3 is 0 Å². The van der Waals surface area contributed by atoms with E-state index in [9.17, 15) is 14.4 Å². The van der Waals surface area contributed by atoms with E-state index in [0.29, 0.717) is 17.3 Å². The van der Waals surface area contributed by atoms with E-state index in [4.69, 9.17) is 0 Å². The number of rotatable bonds is 5. The van der Waals surface area contributed by atoms with Crippen LogP contribution in [0.4, 0.5) is 11.4 Å². The molecule has 0 saturated carbocycles. The third-order valence-corrected chi connectivity index (χ3v) is 5.32. The maximum Gasteiger partial charge on any atom is 0.263 e.